The van der Waals surface area contributed by atoms with Crippen LogP contribution in [-0.4, -0.2) is 41.5 Å². The summed E-state index contributed by atoms with van der Waals surface area (Å²) in [6, 6.07) is 0.292. The molecule has 1 saturated heterocycles. The standard InChI is InChI=1S/C15H26N4/c1-12(15-13(2)17-8-9-18-15)16-7-4-14-5-10-19(3)11-6-14/h8-9,12,14,16H,4-7,10-11H2,1-3H3. The minimum absolute atomic E-state index is 0.292. The Hall–Kier alpha value is -1.00. The van der Waals surface area contributed by atoms with Crippen LogP contribution in [0.3, 0.4) is 0 Å². The van der Waals surface area contributed by atoms with Crippen LogP contribution < -0.4 is 5.32 Å². The van der Waals surface area contributed by atoms with Gasteiger partial charge in [-0.3, -0.25) is 9.97 Å². The number of hydrogen-bond donors (Lipinski definition) is 1. The fourth-order valence-electron chi connectivity index (χ4n) is 2.79. The van der Waals surface area contributed by atoms with Crippen molar-refractivity contribution in [1.82, 2.24) is 20.2 Å². The van der Waals surface area contributed by atoms with Crippen molar-refractivity contribution < 1.29 is 0 Å². The Morgan fingerprint density at radius 2 is 2.00 bits per heavy atom. The van der Waals surface area contributed by atoms with Gasteiger partial charge in [0.05, 0.1) is 11.4 Å². The summed E-state index contributed by atoms with van der Waals surface area (Å²) in [4.78, 5) is 11.1. The highest BCUT2D eigenvalue weighted by Crippen LogP contribution is 2.19. The maximum Gasteiger partial charge on any atom is 0.0782 e. The van der Waals surface area contributed by atoms with Gasteiger partial charge in [-0.25, -0.2) is 0 Å². The molecule has 4 heteroatoms. The highest BCUT2D eigenvalue weighted by molar-refractivity contribution is 5.12. The van der Waals surface area contributed by atoms with Gasteiger partial charge in [0.2, 0.25) is 0 Å². The van der Waals surface area contributed by atoms with Gasteiger partial charge in [0.15, 0.2) is 0 Å². The van der Waals surface area contributed by atoms with Gasteiger partial charge >= 0.3 is 0 Å². The van der Waals surface area contributed by atoms with Crippen molar-refractivity contribution >= 4 is 0 Å². The van der Waals surface area contributed by atoms with Crippen molar-refractivity contribution in [1.29, 1.82) is 0 Å². The molecule has 19 heavy (non-hydrogen) atoms. The van der Waals surface area contributed by atoms with E-state index < -0.39 is 0 Å². The predicted octanol–water partition coefficient (Wildman–Crippen LogP) is 2.17. The van der Waals surface area contributed by atoms with Gasteiger partial charge in [0.25, 0.3) is 0 Å². The van der Waals surface area contributed by atoms with E-state index in [4.69, 9.17) is 0 Å². The zero-order chi connectivity index (χ0) is 13.7. The highest BCUT2D eigenvalue weighted by atomic mass is 15.1. The van der Waals surface area contributed by atoms with E-state index in [0.717, 1.165) is 23.9 Å². The SMILES string of the molecule is Cc1nccnc1C(C)NCCC1CCN(C)CC1. The molecule has 0 aromatic carbocycles. The number of likely N-dealkylation sites (tertiary alicyclic amines) is 1. The predicted molar refractivity (Wildman–Crippen MR) is 78.0 cm³/mol. The Morgan fingerprint density at radius 3 is 2.68 bits per heavy atom. The molecular weight excluding hydrogens is 236 g/mol. The third-order valence-corrected chi connectivity index (χ3v) is 4.17. The van der Waals surface area contributed by atoms with Gasteiger partial charge in [-0.05, 0) is 65.7 Å². The first-order chi connectivity index (χ1) is 9.16. The van der Waals surface area contributed by atoms with E-state index in [9.17, 15) is 0 Å². The molecule has 0 bridgehead atoms. The molecule has 1 N–H and O–H groups in total. The van der Waals surface area contributed by atoms with Gasteiger partial charge < -0.3 is 10.2 Å². The van der Waals surface area contributed by atoms with Gasteiger partial charge in [0.1, 0.15) is 0 Å². The lowest BCUT2D eigenvalue weighted by molar-refractivity contribution is 0.210. The lowest BCUT2D eigenvalue weighted by Crippen LogP contribution is -2.32. The van der Waals surface area contributed by atoms with E-state index in [1.807, 2.05) is 6.92 Å². The first kappa shape index (κ1) is 14.4. The molecular formula is C15H26N4. The molecule has 0 amide bonds. The summed E-state index contributed by atoms with van der Waals surface area (Å²) in [6.45, 7) is 7.78. The molecule has 0 radical (unpaired) electrons. The molecule has 0 aliphatic carbocycles. The number of nitrogens with one attached hydrogen (secondary N) is 1. The van der Waals surface area contributed by atoms with Crippen LogP contribution in [0.5, 0.6) is 0 Å². The summed E-state index contributed by atoms with van der Waals surface area (Å²) in [5, 5.41) is 3.58. The van der Waals surface area contributed by atoms with E-state index >= 15 is 0 Å². The van der Waals surface area contributed by atoms with Crippen molar-refractivity contribution in [3.8, 4) is 0 Å². The number of piperidine rings is 1. The topological polar surface area (TPSA) is 41.1 Å². The zero-order valence-corrected chi connectivity index (χ0v) is 12.4. The third kappa shape index (κ3) is 4.25. The van der Waals surface area contributed by atoms with Crippen molar-refractivity contribution in [2.24, 2.45) is 5.92 Å². The second-order valence-electron chi connectivity index (χ2n) is 5.74. The van der Waals surface area contributed by atoms with Crippen LogP contribution >= 0.6 is 0 Å². The molecule has 1 unspecified atom stereocenters. The van der Waals surface area contributed by atoms with Crippen LogP contribution in [0.2, 0.25) is 0 Å². The Kier molecular flexibility index (Phi) is 5.28. The van der Waals surface area contributed by atoms with E-state index in [1.54, 1.807) is 12.4 Å². The molecule has 0 spiro atoms. The summed E-state index contributed by atoms with van der Waals surface area (Å²) in [7, 11) is 2.22. The summed E-state index contributed by atoms with van der Waals surface area (Å²) in [6.07, 6.45) is 7.49. The fourth-order valence-corrected chi connectivity index (χ4v) is 2.79. The zero-order valence-electron chi connectivity index (χ0n) is 12.4. The molecule has 1 aromatic heterocycles. The number of aryl methyl sites for hydroxylation is 1. The molecule has 0 saturated carbocycles. The fraction of sp³-hybridized carbons (Fsp3) is 0.733. The normalized spacial score (nSPS) is 19.5. The Labute approximate surface area is 116 Å². The van der Waals surface area contributed by atoms with Crippen LogP contribution in [0.4, 0.5) is 0 Å². The molecule has 1 aliphatic rings. The van der Waals surface area contributed by atoms with Crippen molar-refractivity contribution in [2.75, 3.05) is 26.7 Å². The quantitative estimate of drug-likeness (QED) is 0.883. The summed E-state index contributed by atoms with van der Waals surface area (Å²) in [5.41, 5.74) is 2.10. The highest BCUT2D eigenvalue weighted by Gasteiger charge is 2.17. The van der Waals surface area contributed by atoms with E-state index in [0.29, 0.717) is 6.04 Å². The van der Waals surface area contributed by atoms with E-state index in [1.165, 1.54) is 32.4 Å². The van der Waals surface area contributed by atoms with Gasteiger partial charge in [0, 0.05) is 18.4 Å². The van der Waals surface area contributed by atoms with Gasteiger partial charge in [-0.2, -0.15) is 0 Å². The Balaban J connectivity index is 1.72. The summed E-state index contributed by atoms with van der Waals surface area (Å²) >= 11 is 0. The molecule has 1 atom stereocenters. The first-order valence-corrected chi connectivity index (χ1v) is 7.36. The second-order valence-corrected chi connectivity index (χ2v) is 5.74. The molecule has 1 aliphatic heterocycles. The molecule has 1 aromatic rings. The molecule has 1 fully saturated rings. The molecule has 2 heterocycles. The average Bonchev–Trinajstić information content (AvgIpc) is 2.41. The van der Waals surface area contributed by atoms with Crippen molar-refractivity contribution in [3.63, 3.8) is 0 Å². The maximum absolute atomic E-state index is 4.42. The van der Waals surface area contributed by atoms with Crippen LogP contribution in [0.25, 0.3) is 0 Å². The minimum Gasteiger partial charge on any atom is -0.309 e. The summed E-state index contributed by atoms with van der Waals surface area (Å²) < 4.78 is 0. The minimum atomic E-state index is 0.292. The lowest BCUT2D eigenvalue weighted by atomic mass is 9.94. The maximum atomic E-state index is 4.42. The summed E-state index contributed by atoms with van der Waals surface area (Å²) in [5.74, 6) is 0.888. The van der Waals surface area contributed by atoms with E-state index in [2.05, 4.69) is 34.2 Å². The monoisotopic (exact) mass is 262 g/mol. The number of rotatable bonds is 5. The second kappa shape index (κ2) is 6.96. The van der Waals surface area contributed by atoms with Crippen molar-refractivity contribution in [2.45, 2.75) is 39.2 Å². The number of nitrogens with zero attached hydrogens (tertiary/aromatic N) is 3. The molecule has 106 valence electrons. The van der Waals surface area contributed by atoms with Gasteiger partial charge in [-0.1, -0.05) is 0 Å². The Morgan fingerprint density at radius 1 is 1.32 bits per heavy atom. The number of aromatic nitrogens is 2. The van der Waals surface area contributed by atoms with Crippen LogP contribution in [-0.2, 0) is 0 Å². The average molecular weight is 262 g/mol. The smallest absolute Gasteiger partial charge is 0.0782 e. The number of hydrogen-bond acceptors (Lipinski definition) is 4. The van der Waals surface area contributed by atoms with Crippen LogP contribution in [0.1, 0.15) is 43.6 Å². The third-order valence-electron chi connectivity index (χ3n) is 4.17. The van der Waals surface area contributed by atoms with Crippen LogP contribution in [0.15, 0.2) is 12.4 Å². The van der Waals surface area contributed by atoms with Crippen molar-refractivity contribution in [3.05, 3.63) is 23.8 Å². The van der Waals surface area contributed by atoms with Crippen LogP contribution in [0, 0.1) is 12.8 Å². The molecule has 2 rings (SSSR count). The largest absolute Gasteiger partial charge is 0.309 e. The first-order valence-electron chi connectivity index (χ1n) is 7.36. The van der Waals surface area contributed by atoms with E-state index in [-0.39, 0.29) is 0 Å². The van der Waals surface area contributed by atoms with Gasteiger partial charge in [-0.15, -0.1) is 0 Å². The lowest BCUT2D eigenvalue weighted by Gasteiger charge is -2.29. The Bertz CT molecular complexity index is 385. The molecule has 4 nitrogen and oxygen atoms in total.